The van der Waals surface area contributed by atoms with Crippen molar-refractivity contribution < 1.29 is 9.53 Å². The summed E-state index contributed by atoms with van der Waals surface area (Å²) in [5.41, 5.74) is 6.78. The minimum Gasteiger partial charge on any atom is -0.426 e. The van der Waals surface area contributed by atoms with Crippen LogP contribution < -0.4 is 10.5 Å². The molecule has 120 valence electrons. The minimum absolute atomic E-state index is 0.0204. The highest BCUT2D eigenvalue weighted by Crippen LogP contribution is 2.25. The average Bonchev–Trinajstić information content (AvgIpc) is 2.47. The zero-order valence-corrected chi connectivity index (χ0v) is 13.6. The molecule has 1 unspecified atom stereocenters. The molecular formula is C17H25N3O2. The van der Waals surface area contributed by atoms with Crippen LogP contribution in [0.4, 0.5) is 0 Å². The summed E-state index contributed by atoms with van der Waals surface area (Å²) in [7, 11) is 0. The van der Waals surface area contributed by atoms with E-state index in [9.17, 15) is 4.79 Å². The van der Waals surface area contributed by atoms with Gasteiger partial charge in [-0.05, 0) is 36.0 Å². The Morgan fingerprint density at radius 1 is 1.32 bits per heavy atom. The van der Waals surface area contributed by atoms with Crippen molar-refractivity contribution in [2.45, 2.75) is 39.0 Å². The third-order valence-electron chi connectivity index (χ3n) is 4.03. The predicted octanol–water partition coefficient (Wildman–Crippen LogP) is 2.49. The van der Waals surface area contributed by atoms with Crippen molar-refractivity contribution >= 4 is 11.9 Å². The fourth-order valence-corrected chi connectivity index (χ4v) is 2.61. The van der Waals surface area contributed by atoms with Gasteiger partial charge in [0.05, 0.1) is 5.92 Å². The number of carbonyl (C=O) groups excluding carboxylic acids is 1. The maximum atomic E-state index is 12.3. The molecule has 1 aliphatic heterocycles. The lowest BCUT2D eigenvalue weighted by Crippen LogP contribution is -2.46. The van der Waals surface area contributed by atoms with E-state index in [1.54, 1.807) is 4.90 Å². The van der Waals surface area contributed by atoms with E-state index in [1.807, 2.05) is 24.3 Å². The first-order chi connectivity index (χ1) is 10.3. The molecule has 3 N–H and O–H groups in total. The normalized spacial score (nSPS) is 18.9. The molecule has 2 rings (SSSR count). The Morgan fingerprint density at radius 3 is 2.50 bits per heavy atom. The summed E-state index contributed by atoms with van der Waals surface area (Å²) < 4.78 is 5.47. The monoisotopic (exact) mass is 303 g/mol. The molecule has 1 saturated heterocycles. The molecule has 5 heteroatoms. The summed E-state index contributed by atoms with van der Waals surface area (Å²) in [6, 6.07) is 7.66. The van der Waals surface area contributed by atoms with Crippen molar-refractivity contribution in [2.24, 2.45) is 11.7 Å². The van der Waals surface area contributed by atoms with Crippen LogP contribution in [0.3, 0.4) is 0 Å². The quantitative estimate of drug-likeness (QED) is 0.381. The van der Waals surface area contributed by atoms with Crippen LogP contribution in [-0.4, -0.2) is 29.9 Å². The van der Waals surface area contributed by atoms with Crippen LogP contribution in [0, 0.1) is 11.3 Å². The standard InChI is InChI=1S/C17H25N3O2/c1-17(2,3)13-6-8-14(9-7-13)22-15(21)12-5-4-10-20(11-12)16(18)19/h6-9,12H,4-5,10-11H2,1-3H3,(H3,18,19). The molecule has 0 bridgehead atoms. The summed E-state index contributed by atoms with van der Waals surface area (Å²) in [5, 5.41) is 7.47. The van der Waals surface area contributed by atoms with Crippen LogP contribution in [0.15, 0.2) is 24.3 Å². The summed E-state index contributed by atoms with van der Waals surface area (Å²) in [5.74, 6) is 0.124. The SMILES string of the molecule is CC(C)(C)c1ccc(OC(=O)C2CCCN(C(=N)N)C2)cc1. The van der Waals surface area contributed by atoms with Gasteiger partial charge in [-0.15, -0.1) is 0 Å². The van der Waals surface area contributed by atoms with Crippen molar-refractivity contribution in [2.75, 3.05) is 13.1 Å². The highest BCUT2D eigenvalue weighted by Gasteiger charge is 2.28. The van der Waals surface area contributed by atoms with Gasteiger partial charge in [0.25, 0.3) is 0 Å². The zero-order valence-electron chi connectivity index (χ0n) is 13.6. The molecule has 0 saturated carbocycles. The smallest absolute Gasteiger partial charge is 0.316 e. The number of hydrogen-bond acceptors (Lipinski definition) is 3. The summed E-state index contributed by atoms with van der Waals surface area (Å²) >= 11 is 0. The Bertz CT molecular complexity index is 546. The number of rotatable bonds is 2. The number of benzene rings is 1. The molecule has 0 amide bonds. The second kappa shape index (κ2) is 6.38. The first-order valence-corrected chi connectivity index (χ1v) is 7.68. The highest BCUT2D eigenvalue weighted by molar-refractivity contribution is 5.78. The summed E-state index contributed by atoms with van der Waals surface area (Å²) in [6.45, 7) is 7.64. The van der Waals surface area contributed by atoms with Crippen LogP contribution in [0.1, 0.15) is 39.2 Å². The number of guanidine groups is 1. The molecule has 1 aliphatic rings. The predicted molar refractivity (Wildman–Crippen MR) is 87.0 cm³/mol. The molecule has 0 spiro atoms. The van der Waals surface area contributed by atoms with E-state index in [2.05, 4.69) is 20.8 Å². The van der Waals surface area contributed by atoms with Gasteiger partial charge in [0, 0.05) is 13.1 Å². The van der Waals surface area contributed by atoms with Gasteiger partial charge in [0.2, 0.25) is 0 Å². The van der Waals surface area contributed by atoms with Gasteiger partial charge >= 0.3 is 5.97 Å². The third-order valence-corrected chi connectivity index (χ3v) is 4.03. The molecule has 1 aromatic rings. The first-order valence-electron chi connectivity index (χ1n) is 7.68. The molecule has 0 aliphatic carbocycles. The Kier molecular flexibility index (Phi) is 4.74. The van der Waals surface area contributed by atoms with Crippen molar-refractivity contribution in [3.8, 4) is 5.75 Å². The second-order valence-electron chi connectivity index (χ2n) is 6.87. The van der Waals surface area contributed by atoms with E-state index in [1.165, 1.54) is 5.56 Å². The Morgan fingerprint density at radius 2 is 1.95 bits per heavy atom. The van der Waals surface area contributed by atoms with Crippen LogP contribution in [0.25, 0.3) is 0 Å². The Labute approximate surface area is 132 Å². The zero-order chi connectivity index (χ0) is 16.3. The van der Waals surface area contributed by atoms with Gasteiger partial charge in [0.1, 0.15) is 5.75 Å². The largest absolute Gasteiger partial charge is 0.426 e. The van der Waals surface area contributed by atoms with Crippen LogP contribution in [-0.2, 0) is 10.2 Å². The number of ether oxygens (including phenoxy) is 1. The van der Waals surface area contributed by atoms with E-state index in [4.69, 9.17) is 15.9 Å². The fraction of sp³-hybridized carbons (Fsp3) is 0.529. The molecule has 1 heterocycles. The van der Waals surface area contributed by atoms with Gasteiger partial charge < -0.3 is 15.4 Å². The Hall–Kier alpha value is -2.04. The van der Waals surface area contributed by atoms with Gasteiger partial charge in [-0.3, -0.25) is 10.2 Å². The van der Waals surface area contributed by atoms with Crippen LogP contribution >= 0.6 is 0 Å². The summed E-state index contributed by atoms with van der Waals surface area (Å²) in [6.07, 6.45) is 1.63. The van der Waals surface area contributed by atoms with Crippen LogP contribution in [0.2, 0.25) is 0 Å². The lowest BCUT2D eigenvalue weighted by Gasteiger charge is -2.31. The molecule has 1 fully saturated rings. The molecule has 1 aromatic carbocycles. The summed E-state index contributed by atoms with van der Waals surface area (Å²) in [4.78, 5) is 14.0. The second-order valence-corrected chi connectivity index (χ2v) is 6.87. The van der Waals surface area contributed by atoms with E-state index in [0.29, 0.717) is 12.3 Å². The number of esters is 1. The van der Waals surface area contributed by atoms with Crippen molar-refractivity contribution in [3.63, 3.8) is 0 Å². The number of carbonyl (C=O) groups is 1. The van der Waals surface area contributed by atoms with E-state index in [0.717, 1.165) is 19.4 Å². The van der Waals surface area contributed by atoms with E-state index >= 15 is 0 Å². The van der Waals surface area contributed by atoms with Gasteiger partial charge in [-0.2, -0.15) is 0 Å². The Balaban J connectivity index is 1.98. The third kappa shape index (κ3) is 4.00. The lowest BCUT2D eigenvalue weighted by molar-refractivity contribution is -0.140. The van der Waals surface area contributed by atoms with E-state index < -0.39 is 0 Å². The molecule has 0 radical (unpaired) electrons. The lowest BCUT2D eigenvalue weighted by atomic mass is 9.87. The first kappa shape index (κ1) is 16.3. The number of likely N-dealkylation sites (tertiary alicyclic amines) is 1. The highest BCUT2D eigenvalue weighted by atomic mass is 16.5. The number of nitrogens with one attached hydrogen (secondary N) is 1. The topological polar surface area (TPSA) is 79.4 Å². The maximum absolute atomic E-state index is 12.3. The molecule has 0 aromatic heterocycles. The van der Waals surface area contributed by atoms with Crippen molar-refractivity contribution in [3.05, 3.63) is 29.8 Å². The molecule has 22 heavy (non-hydrogen) atoms. The van der Waals surface area contributed by atoms with Crippen LogP contribution in [0.5, 0.6) is 5.75 Å². The average molecular weight is 303 g/mol. The molecule has 5 nitrogen and oxygen atoms in total. The van der Waals surface area contributed by atoms with Gasteiger partial charge in [0.15, 0.2) is 5.96 Å². The number of piperidine rings is 1. The van der Waals surface area contributed by atoms with Gasteiger partial charge in [-0.25, -0.2) is 0 Å². The maximum Gasteiger partial charge on any atom is 0.316 e. The fourth-order valence-electron chi connectivity index (χ4n) is 2.61. The van der Waals surface area contributed by atoms with Crippen molar-refractivity contribution in [1.29, 1.82) is 5.41 Å². The van der Waals surface area contributed by atoms with Gasteiger partial charge in [-0.1, -0.05) is 32.9 Å². The molecular weight excluding hydrogens is 278 g/mol. The molecule has 1 atom stereocenters. The van der Waals surface area contributed by atoms with E-state index in [-0.39, 0.29) is 23.3 Å². The van der Waals surface area contributed by atoms with Crippen molar-refractivity contribution in [1.82, 2.24) is 4.90 Å². The number of hydrogen-bond donors (Lipinski definition) is 2. The minimum atomic E-state index is -0.241. The number of nitrogens with zero attached hydrogens (tertiary/aromatic N) is 1. The number of nitrogens with two attached hydrogens (primary N) is 1.